The van der Waals surface area contributed by atoms with E-state index >= 15 is 0 Å². The van der Waals surface area contributed by atoms with Gasteiger partial charge in [0.05, 0.1) is 0 Å². The Morgan fingerprint density at radius 3 is 2.94 bits per heavy atom. The Balaban J connectivity index is 2.47. The van der Waals surface area contributed by atoms with Crippen molar-refractivity contribution in [2.45, 2.75) is 43.7 Å². The molecule has 0 saturated heterocycles. The first-order valence-electron chi connectivity index (χ1n) is 5.68. The van der Waals surface area contributed by atoms with Gasteiger partial charge in [0.2, 0.25) is 0 Å². The van der Waals surface area contributed by atoms with Crippen LogP contribution in [-0.4, -0.2) is 32.1 Å². The Kier molecular flexibility index (Phi) is 7.17. The van der Waals surface area contributed by atoms with Crippen molar-refractivity contribution in [2.75, 3.05) is 0 Å². The van der Waals surface area contributed by atoms with Gasteiger partial charge in [-0.3, -0.25) is 0 Å². The molecule has 0 bridgehead atoms. The van der Waals surface area contributed by atoms with Crippen molar-refractivity contribution in [1.82, 2.24) is 0 Å². The average Bonchev–Trinajstić information content (AvgIpc) is 2.74. The third-order valence-electron chi connectivity index (χ3n) is 2.07. The molecule has 1 heterocycles. The van der Waals surface area contributed by atoms with E-state index in [0.717, 1.165) is 4.88 Å². The van der Waals surface area contributed by atoms with Crippen molar-refractivity contribution in [1.29, 1.82) is 0 Å². The summed E-state index contributed by atoms with van der Waals surface area (Å²) in [7, 11) is 0. The molecule has 88 valence electrons. The second-order valence-electron chi connectivity index (χ2n) is 3.51. The monoisotopic (exact) mass is 352 g/mol. The fourth-order valence-electron chi connectivity index (χ4n) is 1.04. The van der Waals surface area contributed by atoms with E-state index in [9.17, 15) is 5.11 Å². The van der Waals surface area contributed by atoms with Crippen LogP contribution in [0.3, 0.4) is 0 Å². The van der Waals surface area contributed by atoms with E-state index in [1.807, 2.05) is 18.3 Å². The van der Waals surface area contributed by atoms with Gasteiger partial charge in [0.1, 0.15) is 0 Å². The van der Waals surface area contributed by atoms with Crippen LogP contribution < -0.4 is 2.93 Å². The molecule has 1 aromatic heterocycles. The van der Waals surface area contributed by atoms with Gasteiger partial charge in [-0.05, 0) is 0 Å². The molecule has 0 aromatic carbocycles. The summed E-state index contributed by atoms with van der Waals surface area (Å²) in [5.41, 5.74) is 0. The summed E-state index contributed by atoms with van der Waals surface area (Å²) in [5.74, 6) is 5.91. The van der Waals surface area contributed by atoms with E-state index in [1.54, 1.807) is 0 Å². The number of unbranched alkanes of at least 4 members (excludes halogenated alkanes) is 1. The zero-order valence-electron chi connectivity index (χ0n) is 9.82. The van der Waals surface area contributed by atoms with E-state index in [1.165, 1.54) is 20.2 Å². The van der Waals surface area contributed by atoms with Gasteiger partial charge in [-0.1, -0.05) is 0 Å². The topological polar surface area (TPSA) is 20.2 Å². The maximum atomic E-state index is 9.34. The van der Waals surface area contributed by atoms with Gasteiger partial charge in [-0.25, -0.2) is 0 Å². The van der Waals surface area contributed by atoms with Crippen LogP contribution in [0.4, 0.5) is 0 Å². The van der Waals surface area contributed by atoms with E-state index in [4.69, 9.17) is 0 Å². The van der Waals surface area contributed by atoms with Crippen molar-refractivity contribution in [2.24, 2.45) is 0 Å². The molecule has 0 saturated carbocycles. The molecule has 0 radical (unpaired) electrons. The fourth-order valence-corrected chi connectivity index (χ4v) is 5.81. The molecule has 0 aliphatic rings. The number of rotatable bonds is 5. The molecule has 0 spiro atoms. The summed E-state index contributed by atoms with van der Waals surface area (Å²) >= 11 is 1.83. The predicted octanol–water partition coefficient (Wildman–Crippen LogP) is 2.42. The normalized spacial score (nSPS) is 11.9. The minimum atomic E-state index is -0.470. The predicted molar refractivity (Wildman–Crippen MR) is 72.6 cm³/mol. The molecule has 0 aliphatic carbocycles. The Morgan fingerprint density at radius 1 is 1.44 bits per heavy atom. The first-order chi connectivity index (χ1) is 7.76. The van der Waals surface area contributed by atoms with Gasteiger partial charge in [0, 0.05) is 0 Å². The van der Waals surface area contributed by atoms with Crippen LogP contribution in [0.25, 0.3) is 0 Å². The molecule has 16 heavy (non-hydrogen) atoms. The zero-order valence-corrected chi connectivity index (χ0v) is 13.0. The van der Waals surface area contributed by atoms with Crippen LogP contribution >= 0.6 is 11.3 Å². The molecule has 1 atom stereocenters. The molecular weight excluding hydrogens is 332 g/mol. The Labute approximate surface area is 112 Å². The summed E-state index contributed by atoms with van der Waals surface area (Å²) in [6, 6.07) is 4.30. The second-order valence-corrected chi connectivity index (χ2v) is 8.65. The first kappa shape index (κ1) is 14.1. The molecule has 1 N–H and O–H groups in total. The summed E-state index contributed by atoms with van der Waals surface area (Å²) < 4.78 is 2.93. The summed E-state index contributed by atoms with van der Waals surface area (Å²) in [5, 5.41) is 9.34. The number of thiophene rings is 1. The van der Waals surface area contributed by atoms with Crippen molar-refractivity contribution < 1.29 is 5.11 Å². The van der Waals surface area contributed by atoms with E-state index in [2.05, 4.69) is 30.9 Å². The van der Waals surface area contributed by atoms with Crippen molar-refractivity contribution >= 4 is 35.2 Å². The SMILES string of the molecule is CCCC[Te]c1ccc(C#CC(O)CC)s1. The van der Waals surface area contributed by atoms with E-state index < -0.39 is 6.10 Å². The molecule has 1 rings (SSSR count). The van der Waals surface area contributed by atoms with Crippen LogP contribution in [0.1, 0.15) is 38.0 Å². The van der Waals surface area contributed by atoms with E-state index in [-0.39, 0.29) is 20.9 Å². The maximum absolute atomic E-state index is 9.34. The quantitative estimate of drug-likeness (QED) is 0.492. The molecule has 3 heteroatoms. The Morgan fingerprint density at radius 2 is 2.25 bits per heavy atom. The van der Waals surface area contributed by atoms with Crippen molar-refractivity contribution in [3.05, 3.63) is 17.0 Å². The van der Waals surface area contributed by atoms with Crippen LogP contribution in [0, 0.1) is 11.8 Å². The van der Waals surface area contributed by atoms with Gasteiger partial charge in [-0.15, -0.1) is 0 Å². The van der Waals surface area contributed by atoms with Gasteiger partial charge in [0.15, 0.2) is 0 Å². The number of aliphatic hydroxyl groups is 1. The summed E-state index contributed by atoms with van der Waals surface area (Å²) in [4.78, 5) is 1.10. The molecule has 0 fully saturated rings. The minimum absolute atomic E-state index is 0.0231. The second kappa shape index (κ2) is 8.15. The zero-order chi connectivity index (χ0) is 11.8. The number of aliphatic hydroxyl groups excluding tert-OH is 1. The standard InChI is InChI=1S/C13H18OSTe/c1-3-5-10-16-13-9-8-12(15-13)7-6-11(14)4-2/h8-9,11,14H,3-5,10H2,1-2H3. The number of hydrogen-bond acceptors (Lipinski definition) is 2. The molecule has 1 nitrogen and oxygen atoms in total. The average molecular weight is 350 g/mol. The van der Waals surface area contributed by atoms with Crippen LogP contribution in [0.5, 0.6) is 0 Å². The molecule has 0 aliphatic heterocycles. The summed E-state index contributed by atoms with van der Waals surface area (Å²) in [6.45, 7) is 4.18. The first-order valence-corrected chi connectivity index (χ1v) is 9.31. The molecule has 0 amide bonds. The summed E-state index contributed by atoms with van der Waals surface area (Å²) in [6.07, 6.45) is 2.89. The van der Waals surface area contributed by atoms with Crippen LogP contribution in [-0.2, 0) is 0 Å². The van der Waals surface area contributed by atoms with Crippen LogP contribution in [0.15, 0.2) is 12.1 Å². The van der Waals surface area contributed by atoms with E-state index in [0.29, 0.717) is 6.42 Å². The fraction of sp³-hybridized carbons (Fsp3) is 0.538. The third-order valence-corrected chi connectivity index (χ3v) is 6.98. The van der Waals surface area contributed by atoms with Crippen molar-refractivity contribution in [3.8, 4) is 11.8 Å². The Bertz CT molecular complexity index is 361. The van der Waals surface area contributed by atoms with Gasteiger partial charge >= 0.3 is 113 Å². The number of hydrogen-bond donors (Lipinski definition) is 1. The van der Waals surface area contributed by atoms with Gasteiger partial charge < -0.3 is 0 Å². The van der Waals surface area contributed by atoms with Gasteiger partial charge in [0.25, 0.3) is 0 Å². The van der Waals surface area contributed by atoms with Gasteiger partial charge in [-0.2, -0.15) is 0 Å². The molecular formula is C13H18OSTe. The molecule has 1 aromatic rings. The van der Waals surface area contributed by atoms with Crippen LogP contribution in [0.2, 0.25) is 4.47 Å². The van der Waals surface area contributed by atoms with Crippen molar-refractivity contribution in [3.63, 3.8) is 0 Å². The third kappa shape index (κ3) is 5.37. The molecule has 1 unspecified atom stereocenters. The Hall–Kier alpha value is 0.00961.